The molecular weight excluding hydrogens is 331 g/mol. The molecular formula is C18H26F3N3O. The predicted octanol–water partition coefficient (Wildman–Crippen LogP) is 3.62. The van der Waals surface area contributed by atoms with Crippen LogP contribution in [0.1, 0.15) is 36.8 Å². The van der Waals surface area contributed by atoms with E-state index in [1.807, 2.05) is 12.1 Å². The Balaban J connectivity index is 1.65. The molecule has 1 fully saturated rings. The van der Waals surface area contributed by atoms with E-state index in [1.54, 1.807) is 19.2 Å². The van der Waals surface area contributed by atoms with Crippen molar-refractivity contribution in [1.29, 1.82) is 0 Å². The SMILES string of the molecule is CN=C(NCCCC1CC1)NCc1ccc(COCC(F)(F)F)cc1. The maximum atomic E-state index is 12.0. The van der Waals surface area contributed by atoms with Crippen LogP contribution < -0.4 is 10.6 Å². The summed E-state index contributed by atoms with van der Waals surface area (Å²) in [7, 11) is 1.73. The van der Waals surface area contributed by atoms with Crippen LogP contribution in [-0.2, 0) is 17.9 Å². The quantitative estimate of drug-likeness (QED) is 0.403. The first-order valence-electron chi connectivity index (χ1n) is 8.63. The third-order valence-corrected chi connectivity index (χ3v) is 4.02. The van der Waals surface area contributed by atoms with Gasteiger partial charge in [0, 0.05) is 20.1 Å². The first-order valence-corrected chi connectivity index (χ1v) is 8.63. The van der Waals surface area contributed by atoms with Crippen LogP contribution in [0, 0.1) is 5.92 Å². The summed E-state index contributed by atoms with van der Waals surface area (Å²) in [5, 5.41) is 6.52. The van der Waals surface area contributed by atoms with Crippen LogP contribution in [-0.4, -0.2) is 32.3 Å². The second-order valence-electron chi connectivity index (χ2n) is 6.36. The third kappa shape index (κ3) is 8.77. The van der Waals surface area contributed by atoms with E-state index >= 15 is 0 Å². The Morgan fingerprint density at radius 2 is 1.84 bits per heavy atom. The van der Waals surface area contributed by atoms with Gasteiger partial charge in [-0.15, -0.1) is 0 Å². The van der Waals surface area contributed by atoms with Crippen molar-refractivity contribution >= 4 is 5.96 Å². The number of hydrogen-bond donors (Lipinski definition) is 2. The average Bonchev–Trinajstić information content (AvgIpc) is 3.38. The molecule has 0 aromatic heterocycles. The van der Waals surface area contributed by atoms with Crippen LogP contribution in [0.25, 0.3) is 0 Å². The van der Waals surface area contributed by atoms with Gasteiger partial charge in [-0.05, 0) is 29.9 Å². The molecule has 0 spiro atoms. The summed E-state index contributed by atoms with van der Waals surface area (Å²) >= 11 is 0. The Labute approximate surface area is 146 Å². The van der Waals surface area contributed by atoms with Crippen LogP contribution >= 0.6 is 0 Å². The summed E-state index contributed by atoms with van der Waals surface area (Å²) in [6, 6.07) is 7.30. The number of alkyl halides is 3. The highest BCUT2D eigenvalue weighted by Crippen LogP contribution is 2.33. The van der Waals surface area contributed by atoms with Gasteiger partial charge in [-0.3, -0.25) is 4.99 Å². The Morgan fingerprint density at radius 1 is 1.16 bits per heavy atom. The first-order chi connectivity index (χ1) is 12.0. The largest absolute Gasteiger partial charge is 0.411 e. The van der Waals surface area contributed by atoms with Gasteiger partial charge in [0.15, 0.2) is 5.96 Å². The second kappa shape index (κ2) is 9.65. The smallest absolute Gasteiger partial charge is 0.367 e. The summed E-state index contributed by atoms with van der Waals surface area (Å²) in [5.41, 5.74) is 1.75. The molecule has 1 aromatic rings. The van der Waals surface area contributed by atoms with E-state index < -0.39 is 12.8 Å². The summed E-state index contributed by atoms with van der Waals surface area (Å²) in [4.78, 5) is 4.18. The average molecular weight is 357 g/mol. The van der Waals surface area contributed by atoms with Gasteiger partial charge in [0.2, 0.25) is 0 Å². The van der Waals surface area contributed by atoms with Crippen LogP contribution in [0.15, 0.2) is 29.3 Å². The van der Waals surface area contributed by atoms with Gasteiger partial charge in [0.25, 0.3) is 0 Å². The fourth-order valence-corrected chi connectivity index (χ4v) is 2.45. The van der Waals surface area contributed by atoms with Crippen LogP contribution in [0.5, 0.6) is 0 Å². The van der Waals surface area contributed by atoms with E-state index in [2.05, 4.69) is 20.4 Å². The highest BCUT2D eigenvalue weighted by molar-refractivity contribution is 5.79. The molecule has 7 heteroatoms. The lowest BCUT2D eigenvalue weighted by atomic mass is 10.1. The minimum atomic E-state index is -4.29. The van der Waals surface area contributed by atoms with E-state index in [1.165, 1.54) is 19.3 Å². The van der Waals surface area contributed by atoms with Crippen molar-refractivity contribution in [2.24, 2.45) is 10.9 Å². The van der Waals surface area contributed by atoms with Crippen molar-refractivity contribution < 1.29 is 17.9 Å². The normalized spacial score (nSPS) is 15.3. The van der Waals surface area contributed by atoms with Gasteiger partial charge < -0.3 is 15.4 Å². The molecule has 140 valence electrons. The molecule has 0 amide bonds. The summed E-state index contributed by atoms with van der Waals surface area (Å²) < 4.78 is 40.8. The molecule has 1 aromatic carbocycles. The van der Waals surface area contributed by atoms with E-state index in [0.29, 0.717) is 6.54 Å². The molecule has 1 saturated carbocycles. The standard InChI is InChI=1S/C18H26F3N3O/c1-22-17(23-10-2-3-14-4-5-14)24-11-15-6-8-16(9-7-15)12-25-13-18(19,20)21/h6-9,14H,2-5,10-13H2,1H3,(H2,22,23,24). The van der Waals surface area contributed by atoms with Crippen molar-refractivity contribution in [2.75, 3.05) is 20.2 Å². The molecule has 0 heterocycles. The molecule has 0 atom stereocenters. The van der Waals surface area contributed by atoms with Crippen molar-refractivity contribution in [2.45, 2.75) is 45.0 Å². The summed E-state index contributed by atoms with van der Waals surface area (Å²) in [6.45, 7) is 0.244. The Hall–Kier alpha value is -1.76. The summed E-state index contributed by atoms with van der Waals surface area (Å²) in [6.07, 6.45) is 0.902. The van der Waals surface area contributed by atoms with Crippen molar-refractivity contribution in [3.63, 3.8) is 0 Å². The fourth-order valence-electron chi connectivity index (χ4n) is 2.45. The number of halogens is 3. The Morgan fingerprint density at radius 3 is 2.44 bits per heavy atom. The minimum Gasteiger partial charge on any atom is -0.367 e. The molecule has 0 unspecified atom stereocenters. The maximum Gasteiger partial charge on any atom is 0.411 e. The first kappa shape index (κ1) is 19.6. The topological polar surface area (TPSA) is 45.7 Å². The van der Waals surface area contributed by atoms with Gasteiger partial charge in [0.05, 0.1) is 6.61 Å². The highest BCUT2D eigenvalue weighted by Gasteiger charge is 2.27. The molecule has 25 heavy (non-hydrogen) atoms. The van der Waals surface area contributed by atoms with Crippen molar-refractivity contribution in [3.05, 3.63) is 35.4 Å². The van der Waals surface area contributed by atoms with E-state index in [0.717, 1.165) is 36.0 Å². The summed E-state index contributed by atoms with van der Waals surface area (Å²) in [5.74, 6) is 1.70. The number of guanidine groups is 1. The zero-order valence-electron chi connectivity index (χ0n) is 14.5. The monoisotopic (exact) mass is 357 g/mol. The fraction of sp³-hybridized carbons (Fsp3) is 0.611. The number of hydrogen-bond acceptors (Lipinski definition) is 2. The third-order valence-electron chi connectivity index (χ3n) is 4.02. The zero-order chi connectivity index (χ0) is 18.1. The predicted molar refractivity (Wildman–Crippen MR) is 92.3 cm³/mol. The van der Waals surface area contributed by atoms with Crippen molar-refractivity contribution in [3.8, 4) is 0 Å². The molecule has 1 aliphatic rings. The molecule has 2 rings (SSSR count). The molecule has 0 bridgehead atoms. The number of nitrogens with zero attached hydrogens (tertiary/aromatic N) is 1. The Bertz CT molecular complexity index is 539. The minimum absolute atomic E-state index is 0.0442. The molecule has 4 nitrogen and oxygen atoms in total. The molecule has 0 radical (unpaired) electrons. The van der Waals surface area contributed by atoms with Crippen LogP contribution in [0.4, 0.5) is 13.2 Å². The van der Waals surface area contributed by atoms with Gasteiger partial charge in [0.1, 0.15) is 6.61 Å². The number of rotatable bonds is 9. The van der Waals surface area contributed by atoms with Crippen LogP contribution in [0.2, 0.25) is 0 Å². The van der Waals surface area contributed by atoms with E-state index in [9.17, 15) is 13.2 Å². The number of ether oxygens (including phenoxy) is 1. The van der Waals surface area contributed by atoms with E-state index in [-0.39, 0.29) is 6.61 Å². The highest BCUT2D eigenvalue weighted by atomic mass is 19.4. The molecule has 0 aliphatic heterocycles. The Kier molecular flexibility index (Phi) is 7.55. The lowest BCUT2D eigenvalue weighted by Gasteiger charge is -2.12. The number of nitrogens with one attached hydrogen (secondary N) is 2. The molecule has 0 saturated heterocycles. The number of aliphatic imine (C=N–C) groups is 1. The number of benzene rings is 1. The van der Waals surface area contributed by atoms with Gasteiger partial charge >= 0.3 is 6.18 Å². The second-order valence-corrected chi connectivity index (χ2v) is 6.36. The van der Waals surface area contributed by atoms with Gasteiger partial charge in [-0.2, -0.15) is 13.2 Å². The van der Waals surface area contributed by atoms with Gasteiger partial charge in [-0.1, -0.05) is 37.1 Å². The molecule has 1 aliphatic carbocycles. The lowest BCUT2D eigenvalue weighted by molar-refractivity contribution is -0.176. The lowest BCUT2D eigenvalue weighted by Crippen LogP contribution is -2.37. The van der Waals surface area contributed by atoms with Crippen LogP contribution in [0.3, 0.4) is 0 Å². The molecule has 2 N–H and O–H groups in total. The van der Waals surface area contributed by atoms with Crippen molar-refractivity contribution in [1.82, 2.24) is 10.6 Å². The van der Waals surface area contributed by atoms with Gasteiger partial charge in [-0.25, -0.2) is 0 Å². The zero-order valence-corrected chi connectivity index (χ0v) is 14.5. The maximum absolute atomic E-state index is 12.0. The van der Waals surface area contributed by atoms with E-state index in [4.69, 9.17) is 0 Å².